The van der Waals surface area contributed by atoms with E-state index in [0.717, 1.165) is 11.1 Å². The molecule has 1 aliphatic heterocycles. The van der Waals surface area contributed by atoms with Gasteiger partial charge in [-0.1, -0.05) is 43.7 Å². The summed E-state index contributed by atoms with van der Waals surface area (Å²) >= 11 is -1.84. The number of carbonyl (C=O) groups excluding carboxylic acids is 1. The second-order valence-electron chi connectivity index (χ2n) is 7.85. The molecule has 35 heavy (non-hydrogen) atoms. The number of phenols is 1. The van der Waals surface area contributed by atoms with Crippen molar-refractivity contribution in [1.29, 1.82) is 0 Å². The second-order valence-corrected chi connectivity index (χ2v) is 8.96. The molecule has 1 aromatic heterocycles. The minimum atomic E-state index is -1.84. The van der Waals surface area contributed by atoms with E-state index in [0.29, 0.717) is 15.8 Å². The summed E-state index contributed by atoms with van der Waals surface area (Å²) in [5.41, 5.74) is 2.49. The quantitative estimate of drug-likeness (QED) is 0.388. The molecule has 1 atom stereocenters. The third-order valence-electron chi connectivity index (χ3n) is 5.60. The van der Waals surface area contributed by atoms with E-state index in [1.807, 2.05) is 32.9 Å². The summed E-state index contributed by atoms with van der Waals surface area (Å²) in [5.74, 6) is -0.746. The van der Waals surface area contributed by atoms with Crippen LogP contribution >= 0.6 is 0 Å². The molecule has 0 bridgehead atoms. The topological polar surface area (TPSA) is 79.7 Å². The number of rotatable bonds is 5. The molecule has 0 radical (unpaired) electrons. The van der Waals surface area contributed by atoms with Crippen LogP contribution in [0.1, 0.15) is 40.9 Å². The van der Waals surface area contributed by atoms with Crippen LogP contribution in [0.2, 0.25) is 0 Å². The maximum Gasteiger partial charge on any atom is 0.258 e. The van der Waals surface area contributed by atoms with Gasteiger partial charge in [-0.25, -0.2) is 8.60 Å². The van der Waals surface area contributed by atoms with Gasteiger partial charge in [-0.05, 0) is 48.9 Å². The molecule has 6 nitrogen and oxygen atoms in total. The van der Waals surface area contributed by atoms with Crippen LogP contribution in [-0.4, -0.2) is 25.1 Å². The molecule has 8 heteroatoms. The number of amides is 1. The maximum absolute atomic E-state index is 13.3. The molecular weight excluding hydrogens is 467 g/mol. The van der Waals surface area contributed by atoms with Crippen molar-refractivity contribution in [3.63, 3.8) is 0 Å². The van der Waals surface area contributed by atoms with Gasteiger partial charge in [0, 0.05) is 23.7 Å². The van der Waals surface area contributed by atoms with Crippen LogP contribution in [0.4, 0.5) is 4.39 Å². The van der Waals surface area contributed by atoms with Crippen molar-refractivity contribution in [2.75, 3.05) is 0 Å². The van der Waals surface area contributed by atoms with Gasteiger partial charge in [-0.3, -0.25) is 9.78 Å². The predicted octanol–water partition coefficient (Wildman–Crippen LogP) is 5.67. The number of carbonyl (C=O) groups is 1. The van der Waals surface area contributed by atoms with E-state index in [1.165, 1.54) is 23.2 Å². The highest BCUT2D eigenvalue weighted by Gasteiger charge is 2.36. The van der Waals surface area contributed by atoms with Gasteiger partial charge in [0.2, 0.25) is 11.1 Å². The SMILES string of the molecule is CC.Cc1ccc(S(=O)Oc2c3c(c(O)c4ncccc24)C(=O)N(Cc2ccc(F)cc2)C3)cc1. The van der Waals surface area contributed by atoms with Gasteiger partial charge in [0.25, 0.3) is 5.91 Å². The molecule has 5 rings (SSSR count). The first kappa shape index (κ1) is 24.3. The van der Waals surface area contributed by atoms with Crippen LogP contribution in [0.25, 0.3) is 10.9 Å². The Morgan fingerprint density at radius 2 is 1.77 bits per heavy atom. The van der Waals surface area contributed by atoms with Gasteiger partial charge in [-0.15, -0.1) is 0 Å². The average molecular weight is 493 g/mol. The van der Waals surface area contributed by atoms with Gasteiger partial charge in [0.1, 0.15) is 11.3 Å². The third-order valence-corrected chi connectivity index (χ3v) is 6.57. The average Bonchev–Trinajstić information content (AvgIpc) is 3.20. The smallest absolute Gasteiger partial charge is 0.258 e. The van der Waals surface area contributed by atoms with E-state index in [1.54, 1.807) is 36.4 Å². The van der Waals surface area contributed by atoms with Gasteiger partial charge in [-0.2, -0.15) is 0 Å². The molecule has 1 N–H and O–H groups in total. The number of pyridine rings is 1. The molecule has 0 aliphatic carbocycles. The largest absolute Gasteiger partial charge is 0.505 e. The Morgan fingerprint density at radius 3 is 2.46 bits per heavy atom. The first-order chi connectivity index (χ1) is 16.9. The Hall–Kier alpha value is -3.78. The zero-order chi connectivity index (χ0) is 25.1. The van der Waals surface area contributed by atoms with Crippen molar-refractivity contribution in [3.05, 3.63) is 94.9 Å². The number of benzene rings is 3. The Bertz CT molecular complexity index is 1410. The van der Waals surface area contributed by atoms with Crippen molar-refractivity contribution >= 4 is 27.9 Å². The number of aromatic hydroxyl groups is 1. The number of hydrogen-bond acceptors (Lipinski definition) is 5. The van der Waals surface area contributed by atoms with Crippen molar-refractivity contribution in [3.8, 4) is 11.5 Å². The zero-order valence-corrected chi connectivity index (χ0v) is 20.4. The number of halogens is 1. The van der Waals surface area contributed by atoms with Crippen molar-refractivity contribution in [1.82, 2.24) is 9.88 Å². The minimum absolute atomic E-state index is 0.0826. The summed E-state index contributed by atoms with van der Waals surface area (Å²) < 4.78 is 32.2. The highest BCUT2D eigenvalue weighted by atomic mass is 32.2. The number of phenolic OH excluding ortho intramolecular Hbond substituents is 1. The summed E-state index contributed by atoms with van der Waals surface area (Å²) in [4.78, 5) is 19.4. The lowest BCUT2D eigenvalue weighted by Gasteiger charge is -2.16. The number of hydrogen-bond donors (Lipinski definition) is 1. The van der Waals surface area contributed by atoms with Crippen LogP contribution < -0.4 is 4.18 Å². The lowest BCUT2D eigenvalue weighted by atomic mass is 10.0. The molecule has 0 spiro atoms. The fourth-order valence-corrected chi connectivity index (χ4v) is 4.72. The Balaban J connectivity index is 0.00000141. The van der Waals surface area contributed by atoms with Gasteiger partial charge >= 0.3 is 0 Å². The molecule has 1 unspecified atom stereocenters. The standard InChI is InChI=1S/C25H19FN2O4S.C2H6/c1-15-4-10-18(11-5-15)33(31)32-24-19-3-2-12-27-22(19)23(29)21-20(24)14-28(25(21)30)13-16-6-8-17(26)9-7-16;1-2/h2-12,29H,13-14H2,1H3;1-2H3. The molecule has 4 aromatic rings. The second kappa shape index (κ2) is 10.2. The van der Waals surface area contributed by atoms with Crippen molar-refractivity contribution in [2.24, 2.45) is 0 Å². The van der Waals surface area contributed by atoms with Crippen LogP contribution in [0.5, 0.6) is 11.5 Å². The molecule has 3 aromatic carbocycles. The van der Waals surface area contributed by atoms with Gasteiger partial charge in [0.15, 0.2) is 11.5 Å². The summed E-state index contributed by atoms with van der Waals surface area (Å²) in [6.45, 7) is 6.29. The number of aryl methyl sites for hydroxylation is 1. The van der Waals surface area contributed by atoms with E-state index in [4.69, 9.17) is 4.18 Å². The highest BCUT2D eigenvalue weighted by Crippen LogP contribution is 2.44. The van der Waals surface area contributed by atoms with Crippen LogP contribution in [0.15, 0.2) is 71.8 Å². The van der Waals surface area contributed by atoms with Crippen molar-refractivity contribution < 1.29 is 22.7 Å². The van der Waals surface area contributed by atoms with Gasteiger partial charge < -0.3 is 14.2 Å². The molecule has 0 saturated heterocycles. The first-order valence-electron chi connectivity index (χ1n) is 11.3. The maximum atomic E-state index is 13.3. The lowest BCUT2D eigenvalue weighted by molar-refractivity contribution is 0.0764. The molecule has 180 valence electrons. The van der Waals surface area contributed by atoms with E-state index >= 15 is 0 Å². The molecule has 0 fully saturated rings. The van der Waals surface area contributed by atoms with E-state index in [-0.39, 0.29) is 41.5 Å². The fourth-order valence-electron chi connectivity index (χ4n) is 3.92. The van der Waals surface area contributed by atoms with Gasteiger partial charge in [0.05, 0.1) is 17.0 Å². The Morgan fingerprint density at radius 1 is 1.09 bits per heavy atom. The molecular formula is C27H25FN2O4S. The third kappa shape index (κ3) is 4.74. The lowest BCUT2D eigenvalue weighted by Crippen LogP contribution is -2.23. The predicted molar refractivity (Wildman–Crippen MR) is 133 cm³/mol. The molecule has 0 saturated carbocycles. The zero-order valence-electron chi connectivity index (χ0n) is 19.6. The minimum Gasteiger partial charge on any atom is -0.505 e. The summed E-state index contributed by atoms with van der Waals surface area (Å²) in [6.07, 6.45) is 1.50. The normalized spacial score (nSPS) is 13.3. The van der Waals surface area contributed by atoms with Crippen molar-refractivity contribution in [2.45, 2.75) is 38.8 Å². The van der Waals surface area contributed by atoms with E-state index < -0.39 is 17.0 Å². The van der Waals surface area contributed by atoms with E-state index in [9.17, 15) is 18.5 Å². The monoisotopic (exact) mass is 492 g/mol. The Kier molecular flexibility index (Phi) is 7.12. The first-order valence-corrected chi connectivity index (χ1v) is 12.3. The van der Waals surface area contributed by atoms with Crippen LogP contribution in [-0.2, 0) is 24.2 Å². The molecule has 2 heterocycles. The summed E-state index contributed by atoms with van der Waals surface area (Å²) in [5, 5.41) is 11.3. The molecule has 1 aliphatic rings. The van der Waals surface area contributed by atoms with Crippen LogP contribution in [0.3, 0.4) is 0 Å². The highest BCUT2D eigenvalue weighted by molar-refractivity contribution is 7.80. The van der Waals surface area contributed by atoms with Crippen LogP contribution in [0, 0.1) is 12.7 Å². The number of nitrogens with zero attached hydrogens (tertiary/aromatic N) is 2. The fraction of sp³-hybridized carbons (Fsp3) is 0.185. The Labute approximate surface area is 205 Å². The molecule has 1 amide bonds. The summed E-state index contributed by atoms with van der Waals surface area (Å²) in [6, 6.07) is 16.4. The van der Waals surface area contributed by atoms with E-state index in [2.05, 4.69) is 4.98 Å². The number of fused-ring (bicyclic) bond motifs is 2. The number of aromatic nitrogens is 1. The summed E-state index contributed by atoms with van der Waals surface area (Å²) in [7, 11) is 0.